The zero-order valence-electron chi connectivity index (χ0n) is 13.2. The first-order valence-electron chi connectivity index (χ1n) is 7.00. The van der Waals surface area contributed by atoms with Crippen LogP contribution in [0.3, 0.4) is 0 Å². The molecule has 4 nitrogen and oxygen atoms in total. The molecule has 0 bridgehead atoms. The van der Waals surface area contributed by atoms with Crippen molar-refractivity contribution in [2.45, 2.75) is 6.92 Å². The minimum Gasteiger partial charge on any atom is -0.497 e. The molecule has 0 aromatic heterocycles. The molecule has 5 heteroatoms. The first-order chi connectivity index (χ1) is 11.0. The quantitative estimate of drug-likeness (QED) is 0.830. The van der Waals surface area contributed by atoms with E-state index >= 15 is 0 Å². The van der Waals surface area contributed by atoms with Gasteiger partial charge in [0.1, 0.15) is 11.5 Å². The number of halogens is 1. The Morgan fingerprint density at radius 1 is 1.13 bits per heavy atom. The third-order valence-electron chi connectivity index (χ3n) is 3.29. The number of ether oxygens (including phenoxy) is 2. The number of anilines is 1. The molecule has 0 spiro atoms. The predicted octanol–water partition coefficient (Wildman–Crippen LogP) is 4.32. The summed E-state index contributed by atoms with van der Waals surface area (Å²) in [5, 5.41) is 3.38. The molecule has 0 saturated carbocycles. The largest absolute Gasteiger partial charge is 0.497 e. The molecule has 120 valence electrons. The Labute approximate surface area is 140 Å². The standard InChI is InChI=1S/C18H18ClNO3/c1-12-4-6-14(11-16(12)19)20-18(21)9-5-13-10-15(22-2)7-8-17(13)23-3/h4-11H,1-3H3,(H,20,21). The highest BCUT2D eigenvalue weighted by Crippen LogP contribution is 2.25. The summed E-state index contributed by atoms with van der Waals surface area (Å²) in [6, 6.07) is 10.8. The summed E-state index contributed by atoms with van der Waals surface area (Å²) in [5.74, 6) is 1.10. The Bertz CT molecular complexity index is 741. The number of carbonyl (C=O) groups is 1. The number of rotatable bonds is 5. The van der Waals surface area contributed by atoms with Crippen molar-refractivity contribution in [3.8, 4) is 11.5 Å². The minimum atomic E-state index is -0.255. The fourth-order valence-corrected chi connectivity index (χ4v) is 2.17. The van der Waals surface area contributed by atoms with Gasteiger partial charge in [-0.25, -0.2) is 0 Å². The second-order valence-corrected chi connectivity index (χ2v) is 5.30. The smallest absolute Gasteiger partial charge is 0.248 e. The lowest BCUT2D eigenvalue weighted by Gasteiger charge is -2.07. The van der Waals surface area contributed by atoms with E-state index in [1.54, 1.807) is 50.6 Å². The zero-order valence-corrected chi connectivity index (χ0v) is 14.0. The van der Waals surface area contributed by atoms with E-state index < -0.39 is 0 Å². The summed E-state index contributed by atoms with van der Waals surface area (Å²) in [4.78, 5) is 12.0. The van der Waals surface area contributed by atoms with Crippen LogP contribution >= 0.6 is 11.6 Å². The van der Waals surface area contributed by atoms with Crippen LogP contribution in [0, 0.1) is 6.92 Å². The number of nitrogens with one attached hydrogen (secondary N) is 1. The molecule has 2 rings (SSSR count). The molecule has 0 aliphatic heterocycles. The Hall–Kier alpha value is -2.46. The van der Waals surface area contributed by atoms with Crippen molar-refractivity contribution in [2.24, 2.45) is 0 Å². The molecule has 0 radical (unpaired) electrons. The molecular formula is C18H18ClNO3. The molecule has 1 N–H and O–H groups in total. The van der Waals surface area contributed by atoms with Crippen LogP contribution in [-0.2, 0) is 4.79 Å². The Morgan fingerprint density at radius 3 is 2.57 bits per heavy atom. The van der Waals surface area contributed by atoms with Crippen LogP contribution in [0.1, 0.15) is 11.1 Å². The fraction of sp³-hybridized carbons (Fsp3) is 0.167. The fourth-order valence-electron chi connectivity index (χ4n) is 1.99. The summed E-state index contributed by atoms with van der Waals surface area (Å²) < 4.78 is 10.4. The van der Waals surface area contributed by atoms with Gasteiger partial charge in [0.25, 0.3) is 0 Å². The SMILES string of the molecule is COc1ccc(OC)c(C=CC(=O)Nc2ccc(C)c(Cl)c2)c1. The number of hydrogen-bond donors (Lipinski definition) is 1. The Morgan fingerprint density at radius 2 is 1.91 bits per heavy atom. The molecule has 0 aliphatic carbocycles. The number of carbonyl (C=O) groups excluding carboxylic acids is 1. The highest BCUT2D eigenvalue weighted by Gasteiger charge is 2.04. The van der Waals surface area contributed by atoms with Crippen LogP contribution in [0.4, 0.5) is 5.69 Å². The molecular weight excluding hydrogens is 314 g/mol. The van der Waals surface area contributed by atoms with Gasteiger partial charge in [-0.3, -0.25) is 4.79 Å². The van der Waals surface area contributed by atoms with Crippen LogP contribution in [0.2, 0.25) is 5.02 Å². The number of methoxy groups -OCH3 is 2. The third kappa shape index (κ3) is 4.50. The van der Waals surface area contributed by atoms with E-state index in [4.69, 9.17) is 21.1 Å². The Balaban J connectivity index is 2.13. The summed E-state index contributed by atoms with van der Waals surface area (Å²) in [7, 11) is 3.16. The van der Waals surface area contributed by atoms with Crippen LogP contribution in [0.15, 0.2) is 42.5 Å². The molecule has 0 atom stereocenters. The summed E-state index contributed by atoms with van der Waals surface area (Å²) >= 11 is 6.04. The monoisotopic (exact) mass is 331 g/mol. The van der Waals surface area contributed by atoms with Crippen molar-refractivity contribution in [2.75, 3.05) is 19.5 Å². The maximum absolute atomic E-state index is 12.0. The number of benzene rings is 2. The van der Waals surface area contributed by atoms with Gasteiger partial charge in [0.05, 0.1) is 14.2 Å². The van der Waals surface area contributed by atoms with Gasteiger partial charge in [0.15, 0.2) is 0 Å². The average Bonchev–Trinajstić information content (AvgIpc) is 2.56. The van der Waals surface area contributed by atoms with Gasteiger partial charge in [-0.1, -0.05) is 17.7 Å². The van der Waals surface area contributed by atoms with Crippen molar-refractivity contribution < 1.29 is 14.3 Å². The van der Waals surface area contributed by atoms with E-state index in [-0.39, 0.29) is 5.91 Å². The molecule has 0 unspecified atom stereocenters. The van der Waals surface area contributed by atoms with Crippen molar-refractivity contribution in [3.63, 3.8) is 0 Å². The lowest BCUT2D eigenvalue weighted by molar-refractivity contribution is -0.111. The minimum absolute atomic E-state index is 0.255. The highest BCUT2D eigenvalue weighted by molar-refractivity contribution is 6.31. The number of aryl methyl sites for hydroxylation is 1. The van der Waals surface area contributed by atoms with Gasteiger partial charge < -0.3 is 14.8 Å². The summed E-state index contributed by atoms with van der Waals surface area (Å²) in [6.07, 6.45) is 3.11. The van der Waals surface area contributed by atoms with Crippen LogP contribution in [0.5, 0.6) is 11.5 Å². The van der Waals surface area contributed by atoms with Crippen molar-refractivity contribution in [3.05, 3.63) is 58.6 Å². The maximum atomic E-state index is 12.0. The van der Waals surface area contributed by atoms with Crippen LogP contribution < -0.4 is 14.8 Å². The topological polar surface area (TPSA) is 47.6 Å². The first kappa shape index (κ1) is 16.9. The molecule has 2 aromatic carbocycles. The second-order valence-electron chi connectivity index (χ2n) is 4.89. The van der Waals surface area contributed by atoms with E-state index in [0.717, 1.165) is 11.1 Å². The van der Waals surface area contributed by atoms with E-state index in [1.165, 1.54) is 6.08 Å². The van der Waals surface area contributed by atoms with Gasteiger partial charge in [0, 0.05) is 22.3 Å². The Kier molecular flexibility index (Phi) is 5.66. The second kappa shape index (κ2) is 7.70. The van der Waals surface area contributed by atoms with E-state index in [2.05, 4.69) is 5.32 Å². The molecule has 0 saturated heterocycles. The molecule has 0 fully saturated rings. The van der Waals surface area contributed by atoms with Crippen molar-refractivity contribution in [1.82, 2.24) is 0 Å². The van der Waals surface area contributed by atoms with Gasteiger partial charge in [0.2, 0.25) is 5.91 Å². The van der Waals surface area contributed by atoms with Gasteiger partial charge in [-0.2, -0.15) is 0 Å². The highest BCUT2D eigenvalue weighted by atomic mass is 35.5. The number of hydrogen-bond acceptors (Lipinski definition) is 3. The molecule has 1 amide bonds. The lowest BCUT2D eigenvalue weighted by Crippen LogP contribution is -2.07. The first-order valence-corrected chi connectivity index (χ1v) is 7.38. The maximum Gasteiger partial charge on any atom is 0.248 e. The summed E-state index contributed by atoms with van der Waals surface area (Å²) in [6.45, 7) is 1.91. The van der Waals surface area contributed by atoms with Gasteiger partial charge >= 0.3 is 0 Å². The van der Waals surface area contributed by atoms with E-state index in [9.17, 15) is 4.79 Å². The van der Waals surface area contributed by atoms with Gasteiger partial charge in [-0.05, 0) is 48.9 Å². The van der Waals surface area contributed by atoms with Gasteiger partial charge in [-0.15, -0.1) is 0 Å². The van der Waals surface area contributed by atoms with E-state index in [1.807, 2.05) is 13.0 Å². The molecule has 0 heterocycles. The molecule has 2 aromatic rings. The van der Waals surface area contributed by atoms with Crippen molar-refractivity contribution >= 4 is 29.3 Å². The average molecular weight is 332 g/mol. The normalized spacial score (nSPS) is 10.6. The molecule has 23 heavy (non-hydrogen) atoms. The molecule has 0 aliphatic rings. The van der Waals surface area contributed by atoms with E-state index in [0.29, 0.717) is 22.2 Å². The van der Waals surface area contributed by atoms with Crippen molar-refractivity contribution in [1.29, 1.82) is 0 Å². The van der Waals surface area contributed by atoms with Crippen LogP contribution in [-0.4, -0.2) is 20.1 Å². The van der Waals surface area contributed by atoms with Crippen LogP contribution in [0.25, 0.3) is 6.08 Å². The summed E-state index contributed by atoms with van der Waals surface area (Å²) in [5.41, 5.74) is 2.36. The third-order valence-corrected chi connectivity index (χ3v) is 3.70. The zero-order chi connectivity index (χ0) is 16.8. The number of amides is 1. The lowest BCUT2D eigenvalue weighted by atomic mass is 10.1. The predicted molar refractivity (Wildman–Crippen MR) is 93.4 cm³/mol.